The van der Waals surface area contributed by atoms with Crippen LogP contribution in [0.15, 0.2) is 24.3 Å². The fourth-order valence-electron chi connectivity index (χ4n) is 3.24. The summed E-state index contributed by atoms with van der Waals surface area (Å²) in [6.07, 6.45) is -0.226. The molecule has 0 aliphatic carbocycles. The van der Waals surface area contributed by atoms with Crippen LogP contribution in [0.4, 0.5) is 4.79 Å². The first kappa shape index (κ1) is 20.7. The lowest BCUT2D eigenvalue weighted by molar-refractivity contribution is 0.0106. The molecule has 1 aliphatic heterocycles. The predicted molar refractivity (Wildman–Crippen MR) is 106 cm³/mol. The minimum Gasteiger partial charge on any atom is -0.444 e. The third-order valence-electron chi connectivity index (χ3n) is 4.79. The van der Waals surface area contributed by atoms with E-state index in [0.29, 0.717) is 19.6 Å². The van der Waals surface area contributed by atoms with Crippen LogP contribution in [0.25, 0.3) is 0 Å². The molecule has 1 heterocycles. The second kappa shape index (κ2) is 7.97. The van der Waals surface area contributed by atoms with Gasteiger partial charge in [-0.2, -0.15) is 0 Å². The summed E-state index contributed by atoms with van der Waals surface area (Å²) in [5, 5.41) is 0. The van der Waals surface area contributed by atoms with Crippen LogP contribution in [0.5, 0.6) is 0 Å². The smallest absolute Gasteiger partial charge is 0.410 e. The Morgan fingerprint density at radius 1 is 1.04 bits per heavy atom. The van der Waals surface area contributed by atoms with Crippen molar-refractivity contribution in [1.82, 2.24) is 9.80 Å². The lowest BCUT2D eigenvalue weighted by Gasteiger charge is -2.39. The van der Waals surface area contributed by atoms with Gasteiger partial charge in [0.25, 0.3) is 0 Å². The van der Waals surface area contributed by atoms with Crippen molar-refractivity contribution in [3.05, 3.63) is 35.4 Å². The van der Waals surface area contributed by atoms with Crippen molar-refractivity contribution in [2.24, 2.45) is 5.73 Å². The number of nitrogens with zero attached hydrogens (tertiary/aromatic N) is 2. The summed E-state index contributed by atoms with van der Waals surface area (Å²) in [5.74, 6) is 0. The lowest BCUT2D eigenvalue weighted by Crippen LogP contribution is -2.51. The molecule has 1 amide bonds. The van der Waals surface area contributed by atoms with E-state index in [1.807, 2.05) is 20.8 Å². The molecule has 2 rings (SSSR count). The Hall–Kier alpha value is -1.59. The highest BCUT2D eigenvalue weighted by molar-refractivity contribution is 5.68. The van der Waals surface area contributed by atoms with E-state index in [2.05, 4.69) is 49.9 Å². The highest BCUT2D eigenvalue weighted by atomic mass is 16.6. The van der Waals surface area contributed by atoms with Crippen molar-refractivity contribution < 1.29 is 9.53 Å². The van der Waals surface area contributed by atoms with E-state index < -0.39 is 5.60 Å². The molecule has 1 saturated heterocycles. The predicted octanol–water partition coefficient (Wildman–Crippen LogP) is 3.54. The fourth-order valence-corrected chi connectivity index (χ4v) is 3.24. The van der Waals surface area contributed by atoms with Crippen LogP contribution in [0, 0.1) is 0 Å². The molecule has 1 fully saturated rings. The zero-order valence-electron chi connectivity index (χ0n) is 17.2. The third-order valence-corrected chi connectivity index (χ3v) is 4.79. The van der Waals surface area contributed by atoms with E-state index in [4.69, 9.17) is 10.5 Å². The molecule has 5 heteroatoms. The van der Waals surface area contributed by atoms with Gasteiger partial charge in [-0.1, -0.05) is 45.0 Å². The molecule has 1 atom stereocenters. The van der Waals surface area contributed by atoms with Crippen molar-refractivity contribution in [3.8, 4) is 0 Å². The number of ether oxygens (including phenoxy) is 1. The number of rotatable bonds is 3. The van der Waals surface area contributed by atoms with Gasteiger partial charge in [-0.15, -0.1) is 0 Å². The van der Waals surface area contributed by atoms with Gasteiger partial charge in [0.2, 0.25) is 0 Å². The Labute approximate surface area is 158 Å². The molecule has 0 radical (unpaired) electrons. The molecule has 1 aromatic rings. The lowest BCUT2D eigenvalue weighted by atomic mass is 9.86. The molecule has 1 aliphatic rings. The van der Waals surface area contributed by atoms with Gasteiger partial charge in [0.15, 0.2) is 0 Å². The number of hydrogen-bond donors (Lipinski definition) is 1. The Balaban J connectivity index is 1.99. The largest absolute Gasteiger partial charge is 0.444 e. The van der Waals surface area contributed by atoms with Gasteiger partial charge >= 0.3 is 6.09 Å². The number of carbonyl (C=O) groups is 1. The average molecular weight is 362 g/mol. The van der Waals surface area contributed by atoms with Crippen LogP contribution < -0.4 is 5.73 Å². The Bertz CT molecular complexity index is 591. The first-order chi connectivity index (χ1) is 12.0. The number of hydrogen-bond acceptors (Lipinski definition) is 4. The summed E-state index contributed by atoms with van der Waals surface area (Å²) in [6, 6.07) is 8.98. The molecule has 0 spiro atoms. The topological polar surface area (TPSA) is 58.8 Å². The molecule has 146 valence electrons. The number of benzene rings is 1. The number of piperazine rings is 1. The van der Waals surface area contributed by atoms with E-state index >= 15 is 0 Å². The molecule has 5 nitrogen and oxygen atoms in total. The molecular formula is C21H35N3O2. The van der Waals surface area contributed by atoms with Crippen LogP contribution in [0.1, 0.15) is 58.7 Å². The van der Waals surface area contributed by atoms with Crippen molar-refractivity contribution in [2.45, 2.75) is 58.6 Å². The quantitative estimate of drug-likeness (QED) is 0.895. The van der Waals surface area contributed by atoms with Crippen LogP contribution in [0.3, 0.4) is 0 Å². The second-order valence-electron chi connectivity index (χ2n) is 9.13. The van der Waals surface area contributed by atoms with Crippen LogP contribution in [-0.4, -0.2) is 54.2 Å². The van der Waals surface area contributed by atoms with Gasteiger partial charge in [-0.05, 0) is 37.3 Å². The van der Waals surface area contributed by atoms with Crippen LogP contribution in [0.2, 0.25) is 0 Å². The zero-order chi connectivity index (χ0) is 19.5. The normalized spacial score (nSPS) is 17.9. The number of carbonyl (C=O) groups excluding carboxylic acids is 1. The van der Waals surface area contributed by atoms with Crippen LogP contribution in [-0.2, 0) is 10.2 Å². The molecule has 2 N–H and O–H groups in total. The highest BCUT2D eigenvalue weighted by Gasteiger charge is 2.29. The minimum atomic E-state index is -0.456. The third kappa shape index (κ3) is 5.45. The van der Waals surface area contributed by atoms with Crippen molar-refractivity contribution in [2.75, 3.05) is 32.7 Å². The first-order valence-electron chi connectivity index (χ1n) is 9.54. The monoisotopic (exact) mass is 361 g/mol. The van der Waals surface area contributed by atoms with E-state index in [-0.39, 0.29) is 17.6 Å². The molecule has 1 unspecified atom stereocenters. The van der Waals surface area contributed by atoms with Gasteiger partial charge in [-0.25, -0.2) is 4.79 Å². The average Bonchev–Trinajstić information content (AvgIpc) is 2.54. The molecule has 1 aromatic carbocycles. The zero-order valence-corrected chi connectivity index (χ0v) is 17.2. The van der Waals surface area contributed by atoms with E-state index in [9.17, 15) is 4.79 Å². The Morgan fingerprint density at radius 3 is 2.00 bits per heavy atom. The fraction of sp³-hybridized carbons (Fsp3) is 0.667. The number of amides is 1. The highest BCUT2D eigenvalue weighted by Crippen LogP contribution is 2.26. The van der Waals surface area contributed by atoms with Gasteiger partial charge in [0, 0.05) is 38.8 Å². The maximum atomic E-state index is 12.2. The molecule has 0 bridgehead atoms. The van der Waals surface area contributed by atoms with Crippen molar-refractivity contribution >= 4 is 6.09 Å². The number of nitrogens with two attached hydrogens (primary N) is 1. The van der Waals surface area contributed by atoms with E-state index in [1.165, 1.54) is 11.1 Å². The summed E-state index contributed by atoms with van der Waals surface area (Å²) in [7, 11) is 0. The molecule has 0 saturated carbocycles. The Kier molecular flexibility index (Phi) is 6.35. The molecule has 26 heavy (non-hydrogen) atoms. The van der Waals surface area contributed by atoms with Gasteiger partial charge in [0.05, 0.1) is 0 Å². The van der Waals surface area contributed by atoms with Crippen molar-refractivity contribution in [1.29, 1.82) is 0 Å². The van der Waals surface area contributed by atoms with Gasteiger partial charge in [-0.3, -0.25) is 4.90 Å². The van der Waals surface area contributed by atoms with E-state index in [1.54, 1.807) is 4.90 Å². The Morgan fingerprint density at radius 2 is 1.58 bits per heavy atom. The SMILES string of the molecule is CC(C)(C)OC(=O)N1CCN(C(CN)c2ccc(C(C)(C)C)cc2)CC1. The van der Waals surface area contributed by atoms with Gasteiger partial charge < -0.3 is 15.4 Å². The summed E-state index contributed by atoms with van der Waals surface area (Å²) in [5.41, 5.74) is 8.35. The standard InChI is InChI=1S/C21H35N3O2/c1-20(2,3)17-9-7-16(8-10-17)18(15-22)23-11-13-24(14-12-23)19(25)26-21(4,5)6/h7-10,18H,11-15,22H2,1-6H3. The van der Waals surface area contributed by atoms with Gasteiger partial charge in [0.1, 0.15) is 5.60 Å². The molecule has 0 aromatic heterocycles. The second-order valence-corrected chi connectivity index (χ2v) is 9.13. The molecular weight excluding hydrogens is 326 g/mol. The first-order valence-corrected chi connectivity index (χ1v) is 9.54. The maximum Gasteiger partial charge on any atom is 0.410 e. The van der Waals surface area contributed by atoms with Crippen LogP contribution >= 0.6 is 0 Å². The summed E-state index contributed by atoms with van der Waals surface area (Å²) < 4.78 is 5.47. The minimum absolute atomic E-state index is 0.149. The summed E-state index contributed by atoms with van der Waals surface area (Å²) in [6.45, 7) is 15.9. The van der Waals surface area contributed by atoms with Crippen molar-refractivity contribution in [3.63, 3.8) is 0 Å². The maximum absolute atomic E-state index is 12.2. The summed E-state index contributed by atoms with van der Waals surface area (Å²) >= 11 is 0. The summed E-state index contributed by atoms with van der Waals surface area (Å²) in [4.78, 5) is 16.4. The van der Waals surface area contributed by atoms with E-state index in [0.717, 1.165) is 13.1 Å².